The van der Waals surface area contributed by atoms with Crippen LogP contribution in [0.5, 0.6) is 0 Å². The van der Waals surface area contributed by atoms with E-state index in [1.165, 1.54) is 0 Å². The summed E-state index contributed by atoms with van der Waals surface area (Å²) in [6.45, 7) is 5.40. The molecule has 0 fully saturated rings. The summed E-state index contributed by atoms with van der Waals surface area (Å²) in [5.74, 6) is 0. The minimum Gasteiger partial charge on any atom is -0.396 e. The number of hydrogen-bond donors (Lipinski definition) is 3. The molecule has 0 aromatic rings. The Kier molecular flexibility index (Phi) is 10.8. The molecule has 0 saturated carbocycles. The van der Waals surface area contributed by atoms with E-state index in [0.29, 0.717) is 19.8 Å². The minimum atomic E-state index is -0.422. The number of unbranched alkanes of at least 4 members (excludes halogenated alkanes) is 1. The molecular weight excluding hydrogens is 222 g/mol. The Balaban J connectivity index is 3.23. The van der Waals surface area contributed by atoms with Gasteiger partial charge in [-0.15, -0.1) is 0 Å². The summed E-state index contributed by atoms with van der Waals surface area (Å²) in [5.41, 5.74) is -0.422. The van der Waals surface area contributed by atoms with E-state index in [1.807, 2.05) is 6.92 Å². The fourth-order valence-electron chi connectivity index (χ4n) is 1.25. The first-order chi connectivity index (χ1) is 8.18. The van der Waals surface area contributed by atoms with Crippen LogP contribution < -0.4 is 5.32 Å². The third kappa shape index (κ3) is 9.50. The average Bonchev–Trinajstić information content (AvgIpc) is 2.36. The summed E-state index contributed by atoms with van der Waals surface area (Å²) >= 11 is 0. The third-order valence-corrected chi connectivity index (χ3v) is 2.64. The topological polar surface area (TPSA) is 71.0 Å². The van der Waals surface area contributed by atoms with E-state index < -0.39 is 5.41 Å². The fourth-order valence-corrected chi connectivity index (χ4v) is 1.25. The standard InChI is InChI=1S/C12H27NO4/c1-12(10-14,11-15)9-13-5-3-4-6-17-8-7-16-2/h13-15H,3-11H2,1-2H3. The Morgan fingerprint density at radius 2 is 1.76 bits per heavy atom. The Morgan fingerprint density at radius 3 is 2.35 bits per heavy atom. The molecule has 17 heavy (non-hydrogen) atoms. The van der Waals surface area contributed by atoms with E-state index in [-0.39, 0.29) is 13.2 Å². The Bertz CT molecular complexity index is 163. The van der Waals surface area contributed by atoms with Crippen molar-refractivity contribution in [3.63, 3.8) is 0 Å². The normalized spacial score (nSPS) is 12.0. The van der Waals surface area contributed by atoms with Crippen molar-refractivity contribution in [3.05, 3.63) is 0 Å². The lowest BCUT2D eigenvalue weighted by Gasteiger charge is -2.24. The molecule has 3 N–H and O–H groups in total. The maximum absolute atomic E-state index is 9.08. The number of nitrogens with one attached hydrogen (secondary N) is 1. The predicted molar refractivity (Wildman–Crippen MR) is 67.1 cm³/mol. The highest BCUT2D eigenvalue weighted by Crippen LogP contribution is 2.11. The highest BCUT2D eigenvalue weighted by atomic mass is 16.5. The van der Waals surface area contributed by atoms with Crippen molar-refractivity contribution >= 4 is 0 Å². The van der Waals surface area contributed by atoms with E-state index in [0.717, 1.165) is 26.0 Å². The van der Waals surface area contributed by atoms with Crippen molar-refractivity contribution in [1.82, 2.24) is 5.32 Å². The summed E-state index contributed by atoms with van der Waals surface area (Å²) in [7, 11) is 1.66. The first-order valence-corrected chi connectivity index (χ1v) is 6.17. The van der Waals surface area contributed by atoms with Crippen LogP contribution in [-0.4, -0.2) is 63.4 Å². The number of methoxy groups -OCH3 is 1. The maximum atomic E-state index is 9.08. The molecule has 0 amide bonds. The quantitative estimate of drug-likeness (QED) is 0.425. The maximum Gasteiger partial charge on any atom is 0.0700 e. The summed E-state index contributed by atoms with van der Waals surface area (Å²) in [6.07, 6.45) is 2.03. The van der Waals surface area contributed by atoms with Gasteiger partial charge < -0.3 is 25.0 Å². The molecule has 0 rings (SSSR count). The van der Waals surface area contributed by atoms with Crippen LogP contribution in [0.3, 0.4) is 0 Å². The smallest absolute Gasteiger partial charge is 0.0700 e. The van der Waals surface area contributed by atoms with E-state index in [2.05, 4.69) is 5.32 Å². The van der Waals surface area contributed by atoms with Gasteiger partial charge in [0.2, 0.25) is 0 Å². The molecule has 0 unspecified atom stereocenters. The Morgan fingerprint density at radius 1 is 1.06 bits per heavy atom. The van der Waals surface area contributed by atoms with E-state index in [1.54, 1.807) is 7.11 Å². The summed E-state index contributed by atoms with van der Waals surface area (Å²) < 4.78 is 10.2. The fraction of sp³-hybridized carbons (Fsp3) is 1.00. The van der Waals surface area contributed by atoms with Gasteiger partial charge in [-0.3, -0.25) is 0 Å². The molecule has 0 saturated heterocycles. The first-order valence-electron chi connectivity index (χ1n) is 6.17. The van der Waals surface area contributed by atoms with Gasteiger partial charge in [0, 0.05) is 25.7 Å². The molecule has 0 aromatic carbocycles. The number of aliphatic hydroxyl groups is 2. The zero-order valence-corrected chi connectivity index (χ0v) is 11.1. The van der Waals surface area contributed by atoms with Gasteiger partial charge in [0.05, 0.1) is 26.4 Å². The molecule has 5 heteroatoms. The highest BCUT2D eigenvalue weighted by molar-refractivity contribution is 4.74. The molecule has 0 aliphatic heterocycles. The molecule has 0 aliphatic carbocycles. The van der Waals surface area contributed by atoms with Crippen molar-refractivity contribution < 1.29 is 19.7 Å². The zero-order chi connectivity index (χ0) is 13.0. The lowest BCUT2D eigenvalue weighted by molar-refractivity contribution is 0.0656. The van der Waals surface area contributed by atoms with Crippen LogP contribution >= 0.6 is 0 Å². The second-order valence-corrected chi connectivity index (χ2v) is 4.62. The lowest BCUT2D eigenvalue weighted by atomic mass is 9.93. The third-order valence-electron chi connectivity index (χ3n) is 2.64. The van der Waals surface area contributed by atoms with Crippen LogP contribution in [0.25, 0.3) is 0 Å². The summed E-state index contributed by atoms with van der Waals surface area (Å²) in [5, 5.41) is 21.4. The minimum absolute atomic E-state index is 0.00334. The van der Waals surface area contributed by atoms with Crippen LogP contribution in [-0.2, 0) is 9.47 Å². The highest BCUT2D eigenvalue weighted by Gasteiger charge is 2.21. The van der Waals surface area contributed by atoms with Gasteiger partial charge in [0.15, 0.2) is 0 Å². The molecule has 0 aliphatic rings. The van der Waals surface area contributed by atoms with Crippen LogP contribution in [0.4, 0.5) is 0 Å². The van der Waals surface area contributed by atoms with Gasteiger partial charge >= 0.3 is 0 Å². The zero-order valence-electron chi connectivity index (χ0n) is 11.1. The average molecular weight is 249 g/mol. The van der Waals surface area contributed by atoms with Crippen molar-refractivity contribution in [2.24, 2.45) is 5.41 Å². The number of aliphatic hydroxyl groups excluding tert-OH is 2. The second-order valence-electron chi connectivity index (χ2n) is 4.62. The van der Waals surface area contributed by atoms with Crippen LogP contribution in [0.15, 0.2) is 0 Å². The van der Waals surface area contributed by atoms with Gasteiger partial charge in [-0.2, -0.15) is 0 Å². The van der Waals surface area contributed by atoms with Crippen LogP contribution in [0, 0.1) is 5.41 Å². The van der Waals surface area contributed by atoms with Crippen LogP contribution in [0.2, 0.25) is 0 Å². The van der Waals surface area contributed by atoms with E-state index >= 15 is 0 Å². The molecule has 0 atom stereocenters. The molecule has 0 spiro atoms. The monoisotopic (exact) mass is 249 g/mol. The van der Waals surface area contributed by atoms with E-state index in [9.17, 15) is 0 Å². The summed E-state index contributed by atoms with van der Waals surface area (Å²) in [4.78, 5) is 0. The van der Waals surface area contributed by atoms with Gasteiger partial charge in [-0.1, -0.05) is 6.92 Å². The number of hydrogen-bond acceptors (Lipinski definition) is 5. The number of ether oxygens (including phenoxy) is 2. The predicted octanol–water partition coefficient (Wildman–Crippen LogP) is 0.0101. The van der Waals surface area contributed by atoms with Crippen LogP contribution in [0.1, 0.15) is 19.8 Å². The molecule has 5 nitrogen and oxygen atoms in total. The molecule has 0 radical (unpaired) electrons. The first kappa shape index (κ1) is 16.8. The SMILES string of the molecule is COCCOCCCCNCC(C)(CO)CO. The Labute approximate surface area is 104 Å². The lowest BCUT2D eigenvalue weighted by Crippen LogP contribution is -2.38. The van der Waals surface area contributed by atoms with Gasteiger partial charge in [-0.05, 0) is 19.4 Å². The summed E-state index contributed by atoms with van der Waals surface area (Å²) in [6, 6.07) is 0. The Hall–Kier alpha value is -0.200. The molecule has 0 bridgehead atoms. The van der Waals surface area contributed by atoms with Crippen molar-refractivity contribution in [3.8, 4) is 0 Å². The van der Waals surface area contributed by atoms with Crippen molar-refractivity contribution in [1.29, 1.82) is 0 Å². The van der Waals surface area contributed by atoms with Gasteiger partial charge in [0.1, 0.15) is 0 Å². The van der Waals surface area contributed by atoms with Crippen molar-refractivity contribution in [2.45, 2.75) is 19.8 Å². The van der Waals surface area contributed by atoms with Crippen molar-refractivity contribution in [2.75, 3.05) is 53.2 Å². The molecule has 0 aromatic heterocycles. The second kappa shape index (κ2) is 10.9. The molecule has 0 heterocycles. The molecular formula is C12H27NO4. The molecule has 104 valence electrons. The van der Waals surface area contributed by atoms with Gasteiger partial charge in [-0.25, -0.2) is 0 Å². The van der Waals surface area contributed by atoms with Gasteiger partial charge in [0.25, 0.3) is 0 Å². The number of rotatable bonds is 12. The largest absolute Gasteiger partial charge is 0.396 e. The van der Waals surface area contributed by atoms with E-state index in [4.69, 9.17) is 19.7 Å².